The van der Waals surface area contributed by atoms with Gasteiger partial charge in [0.25, 0.3) is 0 Å². The van der Waals surface area contributed by atoms with Crippen molar-refractivity contribution in [2.75, 3.05) is 6.61 Å². The van der Waals surface area contributed by atoms with Gasteiger partial charge in [-0.3, -0.25) is 14.9 Å². The van der Waals surface area contributed by atoms with Crippen molar-refractivity contribution in [3.63, 3.8) is 0 Å². The van der Waals surface area contributed by atoms with Crippen LogP contribution in [0.1, 0.15) is 40.5 Å². The average molecular weight is 247 g/mol. The highest BCUT2D eigenvalue weighted by atomic mass is 16.6. The van der Waals surface area contributed by atoms with Crippen LogP contribution in [0.25, 0.3) is 0 Å². The zero-order valence-electron chi connectivity index (χ0n) is 10.8. The lowest BCUT2D eigenvalue weighted by Crippen LogP contribution is -2.42. The van der Waals surface area contributed by atoms with Gasteiger partial charge in [0, 0.05) is 10.3 Å². The van der Waals surface area contributed by atoms with Gasteiger partial charge in [0.15, 0.2) is 0 Å². The maximum atomic E-state index is 10.8. The Hall–Kier alpha value is -1.17. The van der Waals surface area contributed by atoms with Gasteiger partial charge < -0.3 is 10.2 Å². The second kappa shape index (κ2) is 5.44. The summed E-state index contributed by atoms with van der Waals surface area (Å²) in [5.74, 6) is -0.924. The standard InChI is InChI=1S/C11H21NO5/c1-10(2,5-9(14)15)7-11(3,4)8(6-13)12(16)17/h8,13H,5-7H2,1-4H3,(H,14,15). The Balaban J connectivity index is 4.83. The number of aliphatic hydroxyl groups is 1. The first-order chi connectivity index (χ1) is 7.52. The van der Waals surface area contributed by atoms with E-state index in [0.29, 0.717) is 6.42 Å². The highest BCUT2D eigenvalue weighted by molar-refractivity contribution is 5.67. The number of nitrogens with zero attached hydrogens (tertiary/aromatic N) is 1. The second-order valence-corrected chi connectivity index (χ2v) is 5.88. The minimum absolute atomic E-state index is 0.0493. The molecule has 6 nitrogen and oxygen atoms in total. The molecule has 0 spiro atoms. The number of carboxylic acid groups (broad SMARTS) is 1. The van der Waals surface area contributed by atoms with Gasteiger partial charge in [-0.05, 0) is 11.8 Å². The molecule has 0 amide bonds. The van der Waals surface area contributed by atoms with E-state index in [9.17, 15) is 14.9 Å². The third-order valence-electron chi connectivity index (χ3n) is 2.89. The molecular weight excluding hydrogens is 226 g/mol. The van der Waals surface area contributed by atoms with Gasteiger partial charge in [0.2, 0.25) is 6.04 Å². The Labute approximate surface area is 101 Å². The molecule has 0 bridgehead atoms. The van der Waals surface area contributed by atoms with E-state index in [1.165, 1.54) is 0 Å². The highest BCUT2D eigenvalue weighted by Gasteiger charge is 2.42. The first-order valence-corrected chi connectivity index (χ1v) is 5.48. The van der Waals surface area contributed by atoms with Gasteiger partial charge in [-0.2, -0.15) is 0 Å². The predicted octanol–water partition coefficient (Wildman–Crippen LogP) is 1.54. The fourth-order valence-electron chi connectivity index (χ4n) is 2.42. The fraction of sp³-hybridized carbons (Fsp3) is 0.909. The molecule has 1 atom stereocenters. The lowest BCUT2D eigenvalue weighted by molar-refractivity contribution is -0.545. The minimum Gasteiger partial charge on any atom is -0.481 e. The zero-order valence-corrected chi connectivity index (χ0v) is 10.8. The van der Waals surface area contributed by atoms with Gasteiger partial charge in [0.1, 0.15) is 6.61 Å². The summed E-state index contributed by atoms with van der Waals surface area (Å²) in [6, 6.07) is -1.07. The van der Waals surface area contributed by atoms with Crippen LogP contribution < -0.4 is 0 Å². The van der Waals surface area contributed by atoms with Crippen molar-refractivity contribution in [3.05, 3.63) is 10.1 Å². The normalized spacial score (nSPS) is 14.4. The second-order valence-electron chi connectivity index (χ2n) is 5.88. The van der Waals surface area contributed by atoms with Crippen LogP contribution in [0.5, 0.6) is 0 Å². The SMILES string of the molecule is CC(C)(CC(=O)O)CC(C)(C)C(CO)[N+](=O)[O-]. The zero-order chi connectivity index (χ0) is 13.9. The molecule has 0 aromatic heterocycles. The van der Waals surface area contributed by atoms with Crippen molar-refractivity contribution >= 4 is 5.97 Å². The van der Waals surface area contributed by atoms with Gasteiger partial charge in [0.05, 0.1) is 6.42 Å². The van der Waals surface area contributed by atoms with E-state index in [0.717, 1.165) is 0 Å². The summed E-state index contributed by atoms with van der Waals surface area (Å²) in [6.07, 6.45) is 0.310. The third-order valence-corrected chi connectivity index (χ3v) is 2.89. The molecule has 0 saturated carbocycles. The molecule has 100 valence electrons. The van der Waals surface area contributed by atoms with Crippen LogP contribution in [0, 0.1) is 20.9 Å². The summed E-state index contributed by atoms with van der Waals surface area (Å²) in [7, 11) is 0. The van der Waals surface area contributed by atoms with Crippen LogP contribution in [0.3, 0.4) is 0 Å². The topological polar surface area (TPSA) is 101 Å². The van der Waals surface area contributed by atoms with Crippen molar-refractivity contribution in [2.24, 2.45) is 10.8 Å². The van der Waals surface area contributed by atoms with Crippen molar-refractivity contribution in [2.45, 2.75) is 46.6 Å². The van der Waals surface area contributed by atoms with E-state index in [2.05, 4.69) is 0 Å². The molecule has 1 unspecified atom stereocenters. The Morgan fingerprint density at radius 2 is 1.82 bits per heavy atom. The van der Waals surface area contributed by atoms with Crippen molar-refractivity contribution in [3.8, 4) is 0 Å². The fourth-order valence-corrected chi connectivity index (χ4v) is 2.42. The Morgan fingerprint density at radius 3 is 2.12 bits per heavy atom. The summed E-state index contributed by atoms with van der Waals surface area (Å²) in [4.78, 5) is 21.0. The number of rotatable bonds is 7. The Bertz CT molecular complexity index is 298. The highest BCUT2D eigenvalue weighted by Crippen LogP contribution is 2.39. The number of hydrogen-bond donors (Lipinski definition) is 2. The van der Waals surface area contributed by atoms with E-state index >= 15 is 0 Å². The average Bonchev–Trinajstić information content (AvgIpc) is 1.96. The summed E-state index contributed by atoms with van der Waals surface area (Å²) >= 11 is 0. The number of aliphatic hydroxyl groups excluding tert-OH is 1. The maximum Gasteiger partial charge on any atom is 0.303 e. The molecule has 0 aliphatic heterocycles. The molecule has 17 heavy (non-hydrogen) atoms. The molecule has 6 heteroatoms. The first kappa shape index (κ1) is 15.8. The molecule has 2 N–H and O–H groups in total. The van der Waals surface area contributed by atoms with E-state index in [-0.39, 0.29) is 6.42 Å². The smallest absolute Gasteiger partial charge is 0.303 e. The first-order valence-electron chi connectivity index (χ1n) is 5.48. The van der Waals surface area contributed by atoms with Crippen LogP contribution in [0.4, 0.5) is 0 Å². The van der Waals surface area contributed by atoms with Gasteiger partial charge in [-0.15, -0.1) is 0 Å². The van der Waals surface area contributed by atoms with Gasteiger partial charge >= 0.3 is 5.97 Å². The maximum absolute atomic E-state index is 10.8. The lowest BCUT2D eigenvalue weighted by Gasteiger charge is -2.34. The van der Waals surface area contributed by atoms with E-state index in [1.54, 1.807) is 27.7 Å². The summed E-state index contributed by atoms with van der Waals surface area (Å²) in [5.41, 5.74) is -1.30. The van der Waals surface area contributed by atoms with E-state index in [4.69, 9.17) is 10.2 Å². The Morgan fingerprint density at radius 1 is 1.35 bits per heavy atom. The molecule has 0 aromatic carbocycles. The molecule has 0 aliphatic carbocycles. The van der Waals surface area contributed by atoms with Gasteiger partial charge in [-0.1, -0.05) is 27.7 Å². The molecule has 0 fully saturated rings. The predicted molar refractivity (Wildman–Crippen MR) is 62.3 cm³/mol. The van der Waals surface area contributed by atoms with Crippen LogP contribution >= 0.6 is 0 Å². The molecule has 0 aliphatic rings. The summed E-state index contributed by atoms with van der Waals surface area (Å²) < 4.78 is 0. The Kier molecular flexibility index (Phi) is 5.07. The quantitative estimate of drug-likeness (QED) is 0.525. The molecule has 0 saturated heterocycles. The number of hydrogen-bond acceptors (Lipinski definition) is 4. The monoisotopic (exact) mass is 247 g/mol. The van der Waals surface area contributed by atoms with Crippen LogP contribution in [-0.4, -0.2) is 33.8 Å². The van der Waals surface area contributed by atoms with Crippen molar-refractivity contribution in [1.29, 1.82) is 0 Å². The molecular formula is C11H21NO5. The molecule has 0 heterocycles. The number of carboxylic acids is 1. The third kappa shape index (κ3) is 5.12. The van der Waals surface area contributed by atoms with Crippen LogP contribution in [0.2, 0.25) is 0 Å². The largest absolute Gasteiger partial charge is 0.481 e. The molecule has 0 aromatic rings. The van der Waals surface area contributed by atoms with Crippen molar-refractivity contribution < 1.29 is 19.9 Å². The molecule has 0 radical (unpaired) electrons. The van der Waals surface area contributed by atoms with Crippen LogP contribution in [-0.2, 0) is 4.79 Å². The lowest BCUT2D eigenvalue weighted by atomic mass is 9.70. The van der Waals surface area contributed by atoms with Gasteiger partial charge in [-0.25, -0.2) is 0 Å². The molecule has 0 rings (SSSR count). The van der Waals surface area contributed by atoms with E-state index < -0.39 is 34.4 Å². The van der Waals surface area contributed by atoms with Crippen molar-refractivity contribution in [1.82, 2.24) is 0 Å². The van der Waals surface area contributed by atoms with Crippen LogP contribution in [0.15, 0.2) is 0 Å². The summed E-state index contributed by atoms with van der Waals surface area (Å²) in [6.45, 7) is 6.35. The number of nitro groups is 1. The van der Waals surface area contributed by atoms with E-state index in [1.807, 2.05) is 0 Å². The minimum atomic E-state index is -1.07. The number of aliphatic carboxylic acids is 1. The summed E-state index contributed by atoms with van der Waals surface area (Å²) in [5, 5.41) is 28.6. The number of carbonyl (C=O) groups is 1.